The monoisotopic (exact) mass is 550 g/mol. The molecule has 0 amide bonds. The maximum Gasteiger partial charge on any atom is 0.125 e. The number of nitrogens with zero attached hydrogens (tertiary/aromatic N) is 2. The Hall–Kier alpha value is 0.960. The van der Waals surface area contributed by atoms with Gasteiger partial charge in [0.15, 0.2) is 0 Å². The molecule has 1 heterocycles. The largest absolute Gasteiger partial charge is 0.164 e. The van der Waals surface area contributed by atoms with Crippen LogP contribution in [0.1, 0.15) is 140 Å². The molecule has 0 saturated heterocycles. The van der Waals surface area contributed by atoms with Gasteiger partial charge in [0.2, 0.25) is 0 Å². The number of aromatic nitrogens is 2. The zero-order valence-electron chi connectivity index (χ0n) is 21.6. The van der Waals surface area contributed by atoms with Gasteiger partial charge in [-0.15, -0.1) is 21.5 Å². The number of hydrogen-bond donors (Lipinski definition) is 4. The lowest BCUT2D eigenvalue weighted by Gasteiger charge is -2.31. The molecule has 2 unspecified atom stereocenters. The lowest BCUT2D eigenvalue weighted by Crippen LogP contribution is -2.30. The first-order valence-electron chi connectivity index (χ1n) is 13.3. The summed E-state index contributed by atoms with van der Waals surface area (Å²) in [7, 11) is 0. The highest BCUT2D eigenvalue weighted by Crippen LogP contribution is 2.44. The van der Waals surface area contributed by atoms with Crippen molar-refractivity contribution in [3.05, 3.63) is 10.0 Å². The van der Waals surface area contributed by atoms with Crippen LogP contribution in [0.15, 0.2) is 0 Å². The standard InChI is InChI=1S/C26H50N2S5/c1-5-7-9-11-13-15-17-19-25(3,23(29)30)21-27-28-22(33-21)26(4,24(31)32)20-18-16-14-12-10-8-6-2/h23-24,29-32H,5-20H2,1-4H3. The summed E-state index contributed by atoms with van der Waals surface area (Å²) in [6.07, 6.45) is 20.4. The van der Waals surface area contributed by atoms with Gasteiger partial charge in [-0.25, -0.2) is 0 Å². The average Bonchev–Trinajstić information content (AvgIpc) is 3.29. The van der Waals surface area contributed by atoms with Gasteiger partial charge in [-0.3, -0.25) is 0 Å². The number of unbranched alkanes of at least 4 members (excludes halogenated alkanes) is 12. The molecular weight excluding hydrogens is 501 g/mol. The van der Waals surface area contributed by atoms with Crippen LogP contribution in [0.2, 0.25) is 0 Å². The Bertz CT molecular complexity index is 571. The van der Waals surface area contributed by atoms with Gasteiger partial charge >= 0.3 is 0 Å². The molecular formula is C26H50N2S5. The maximum atomic E-state index is 4.76. The molecule has 1 aromatic rings. The molecule has 0 spiro atoms. The zero-order valence-corrected chi connectivity index (χ0v) is 26.0. The van der Waals surface area contributed by atoms with E-state index in [-0.39, 0.29) is 20.0 Å². The van der Waals surface area contributed by atoms with Crippen LogP contribution in [0, 0.1) is 0 Å². The van der Waals surface area contributed by atoms with Crippen molar-refractivity contribution in [1.29, 1.82) is 0 Å². The van der Waals surface area contributed by atoms with Crippen LogP contribution in [0.25, 0.3) is 0 Å². The number of hydrogen-bond acceptors (Lipinski definition) is 7. The molecule has 1 rings (SSSR count). The summed E-state index contributed by atoms with van der Waals surface area (Å²) >= 11 is 20.8. The van der Waals surface area contributed by atoms with Crippen molar-refractivity contribution >= 4 is 61.9 Å². The first kappa shape index (κ1) is 32.0. The smallest absolute Gasteiger partial charge is 0.125 e. The van der Waals surface area contributed by atoms with Crippen LogP contribution in [0.3, 0.4) is 0 Å². The molecule has 0 fully saturated rings. The first-order chi connectivity index (χ1) is 15.7. The highest BCUT2D eigenvalue weighted by Gasteiger charge is 2.40. The van der Waals surface area contributed by atoms with E-state index in [1.807, 2.05) is 0 Å². The van der Waals surface area contributed by atoms with Crippen molar-refractivity contribution in [3.8, 4) is 0 Å². The van der Waals surface area contributed by atoms with Gasteiger partial charge in [0.05, 0.1) is 9.16 Å². The summed E-state index contributed by atoms with van der Waals surface area (Å²) in [6.45, 7) is 9.05. The van der Waals surface area contributed by atoms with Gasteiger partial charge in [0.1, 0.15) is 10.0 Å². The van der Waals surface area contributed by atoms with Crippen molar-refractivity contribution in [3.63, 3.8) is 0 Å². The fraction of sp³-hybridized carbons (Fsp3) is 0.923. The SMILES string of the molecule is CCCCCCCCCC(C)(c1nnc(C(C)(CCCCCCCCC)C(S)S)s1)C(S)S. The molecule has 0 aliphatic heterocycles. The fourth-order valence-electron chi connectivity index (χ4n) is 4.28. The van der Waals surface area contributed by atoms with E-state index in [9.17, 15) is 0 Å². The minimum absolute atomic E-state index is 0.0597. The topological polar surface area (TPSA) is 25.8 Å². The van der Waals surface area contributed by atoms with Crippen LogP contribution in [0.4, 0.5) is 0 Å². The Kier molecular flexibility index (Phi) is 16.9. The van der Waals surface area contributed by atoms with E-state index in [1.54, 1.807) is 11.3 Å². The molecule has 1 aromatic heterocycles. The lowest BCUT2D eigenvalue weighted by atomic mass is 9.86. The van der Waals surface area contributed by atoms with E-state index in [1.165, 1.54) is 89.9 Å². The fourth-order valence-corrected chi connectivity index (χ4v) is 6.88. The zero-order chi connectivity index (χ0) is 24.7. The van der Waals surface area contributed by atoms with Crippen LogP contribution in [0.5, 0.6) is 0 Å². The molecule has 2 atom stereocenters. The molecule has 194 valence electrons. The van der Waals surface area contributed by atoms with E-state index < -0.39 is 0 Å². The molecule has 2 nitrogen and oxygen atoms in total. The third kappa shape index (κ3) is 10.9. The molecule has 7 heteroatoms. The van der Waals surface area contributed by atoms with Gasteiger partial charge in [-0.1, -0.05) is 118 Å². The maximum absolute atomic E-state index is 4.76. The molecule has 33 heavy (non-hydrogen) atoms. The summed E-state index contributed by atoms with van der Waals surface area (Å²) in [5, 5.41) is 11.5. The Morgan fingerprint density at radius 2 is 0.879 bits per heavy atom. The van der Waals surface area contributed by atoms with E-state index in [4.69, 9.17) is 50.5 Å². The number of thiol groups is 4. The van der Waals surface area contributed by atoms with Crippen molar-refractivity contribution in [2.75, 3.05) is 0 Å². The summed E-state index contributed by atoms with van der Waals surface area (Å²) in [5.41, 5.74) is -0.344. The predicted octanol–water partition coefficient (Wildman–Crippen LogP) is 9.71. The third-order valence-corrected chi connectivity index (χ3v) is 10.9. The highest BCUT2D eigenvalue weighted by molar-refractivity contribution is 7.99. The molecule has 0 bridgehead atoms. The summed E-state index contributed by atoms with van der Waals surface area (Å²) in [4.78, 5) is 0. The Balaban J connectivity index is 2.73. The van der Waals surface area contributed by atoms with Crippen LogP contribution in [-0.2, 0) is 10.8 Å². The van der Waals surface area contributed by atoms with Crippen molar-refractivity contribution in [2.24, 2.45) is 0 Å². The molecule has 0 aliphatic rings. The quantitative estimate of drug-likeness (QED) is 0.0738. The molecule has 0 aliphatic carbocycles. The van der Waals surface area contributed by atoms with E-state index in [0.29, 0.717) is 0 Å². The normalized spacial score (nSPS) is 15.8. The summed E-state index contributed by atoms with van der Waals surface area (Å²) in [5.74, 6) is 0. The molecule has 0 saturated carbocycles. The molecule has 0 N–H and O–H groups in total. The van der Waals surface area contributed by atoms with Crippen molar-refractivity contribution < 1.29 is 0 Å². The summed E-state index contributed by atoms with van der Waals surface area (Å²) < 4.78 is -0.119. The second-order valence-electron chi connectivity index (χ2n) is 10.2. The average molecular weight is 551 g/mol. The van der Waals surface area contributed by atoms with Gasteiger partial charge in [0.25, 0.3) is 0 Å². The second-order valence-corrected chi connectivity index (χ2v) is 14.1. The first-order valence-corrected chi connectivity index (χ1v) is 16.2. The Labute approximate surface area is 231 Å². The van der Waals surface area contributed by atoms with E-state index >= 15 is 0 Å². The second kappa shape index (κ2) is 17.4. The van der Waals surface area contributed by atoms with Crippen LogP contribution < -0.4 is 0 Å². The molecule has 0 radical (unpaired) electrons. The summed E-state index contributed by atoms with van der Waals surface area (Å²) in [6, 6.07) is 0. The van der Waals surface area contributed by atoms with Crippen molar-refractivity contribution in [1.82, 2.24) is 10.2 Å². The van der Waals surface area contributed by atoms with Gasteiger partial charge < -0.3 is 0 Å². The van der Waals surface area contributed by atoms with E-state index in [2.05, 4.69) is 37.9 Å². The Morgan fingerprint density at radius 1 is 0.576 bits per heavy atom. The van der Waals surface area contributed by atoms with Crippen molar-refractivity contribution in [2.45, 2.75) is 150 Å². The minimum Gasteiger partial charge on any atom is -0.164 e. The Morgan fingerprint density at radius 3 is 1.18 bits per heavy atom. The lowest BCUT2D eigenvalue weighted by molar-refractivity contribution is 0.427. The number of rotatable bonds is 20. The van der Waals surface area contributed by atoms with E-state index in [0.717, 1.165) is 22.9 Å². The van der Waals surface area contributed by atoms with Gasteiger partial charge in [-0.05, 0) is 12.8 Å². The van der Waals surface area contributed by atoms with Crippen LogP contribution >= 0.6 is 61.9 Å². The predicted molar refractivity (Wildman–Crippen MR) is 163 cm³/mol. The molecule has 0 aromatic carbocycles. The highest BCUT2D eigenvalue weighted by atomic mass is 32.2. The minimum atomic E-state index is -0.172. The van der Waals surface area contributed by atoms with Gasteiger partial charge in [-0.2, -0.15) is 50.5 Å². The third-order valence-electron chi connectivity index (χ3n) is 7.14. The van der Waals surface area contributed by atoms with Crippen LogP contribution in [-0.4, -0.2) is 19.4 Å². The van der Waals surface area contributed by atoms with Gasteiger partial charge in [0, 0.05) is 10.8 Å².